The lowest BCUT2D eigenvalue weighted by Gasteiger charge is -2.28. The van der Waals surface area contributed by atoms with Gasteiger partial charge >= 0.3 is 6.01 Å². The number of aromatic nitrogens is 2. The minimum Gasteiger partial charge on any atom is -0.483 e. The Kier molecular flexibility index (Phi) is 6.06. The molecule has 1 saturated heterocycles. The van der Waals surface area contributed by atoms with Gasteiger partial charge in [0.25, 0.3) is 6.47 Å². The van der Waals surface area contributed by atoms with Gasteiger partial charge in [0.2, 0.25) is 11.7 Å². The lowest BCUT2D eigenvalue weighted by molar-refractivity contribution is -0.123. The Morgan fingerprint density at radius 1 is 1.36 bits per heavy atom. The quantitative estimate of drug-likeness (QED) is 0.785. The van der Waals surface area contributed by atoms with E-state index >= 15 is 0 Å². The number of anilines is 1. The van der Waals surface area contributed by atoms with Crippen LogP contribution in [0.15, 0.2) is 28.8 Å². The molecule has 1 aromatic carbocycles. The van der Waals surface area contributed by atoms with E-state index in [1.54, 1.807) is 24.3 Å². The Labute approximate surface area is 143 Å². The summed E-state index contributed by atoms with van der Waals surface area (Å²) >= 11 is 0. The molecule has 2 heterocycles. The van der Waals surface area contributed by atoms with Crippen molar-refractivity contribution in [3.8, 4) is 17.5 Å². The van der Waals surface area contributed by atoms with Gasteiger partial charge in [-0.3, -0.25) is 9.59 Å². The van der Waals surface area contributed by atoms with Crippen molar-refractivity contribution < 1.29 is 19.2 Å². The fraction of sp³-hybridized carbons (Fsp3) is 0.312. The average molecular weight is 343 g/mol. The van der Waals surface area contributed by atoms with Crippen molar-refractivity contribution in [2.75, 3.05) is 18.0 Å². The van der Waals surface area contributed by atoms with Crippen molar-refractivity contribution in [1.29, 1.82) is 5.26 Å². The Morgan fingerprint density at radius 3 is 2.48 bits per heavy atom. The van der Waals surface area contributed by atoms with Gasteiger partial charge in [-0.25, -0.2) is 0 Å². The van der Waals surface area contributed by atoms with Crippen LogP contribution in [0.3, 0.4) is 0 Å². The van der Waals surface area contributed by atoms with Gasteiger partial charge in [0.15, 0.2) is 0 Å². The number of amides is 1. The Morgan fingerprint density at radius 2 is 1.96 bits per heavy atom. The fourth-order valence-corrected chi connectivity index (χ4v) is 2.51. The molecule has 3 rings (SSSR count). The summed E-state index contributed by atoms with van der Waals surface area (Å²) in [5.41, 5.74) is 6.70. The Balaban J connectivity index is 0.000000701. The highest BCUT2D eigenvalue weighted by Gasteiger charge is 2.26. The van der Waals surface area contributed by atoms with Crippen LogP contribution in [0, 0.1) is 17.2 Å². The smallest absolute Gasteiger partial charge is 0.324 e. The molecule has 130 valence electrons. The zero-order valence-electron chi connectivity index (χ0n) is 13.3. The summed E-state index contributed by atoms with van der Waals surface area (Å²) in [6.45, 7) is 1.09. The lowest BCUT2D eigenvalue weighted by atomic mass is 9.97. The minimum absolute atomic E-state index is 0.0721. The van der Waals surface area contributed by atoms with Crippen LogP contribution in [0.2, 0.25) is 0 Å². The molecule has 1 aromatic heterocycles. The Bertz CT molecular complexity index is 758. The van der Waals surface area contributed by atoms with Gasteiger partial charge in [-0.1, -0.05) is 5.16 Å². The van der Waals surface area contributed by atoms with Crippen molar-refractivity contribution in [2.24, 2.45) is 11.7 Å². The van der Waals surface area contributed by atoms with Crippen LogP contribution >= 0.6 is 0 Å². The van der Waals surface area contributed by atoms with E-state index in [1.165, 1.54) is 0 Å². The number of hydrogen-bond acceptors (Lipinski definition) is 7. The van der Waals surface area contributed by atoms with Crippen molar-refractivity contribution >= 4 is 18.4 Å². The summed E-state index contributed by atoms with van der Waals surface area (Å²) in [7, 11) is 0. The van der Waals surface area contributed by atoms with E-state index in [-0.39, 0.29) is 18.3 Å². The number of hydrogen-bond donors (Lipinski definition) is 2. The number of rotatable bonds is 3. The summed E-state index contributed by atoms with van der Waals surface area (Å²) in [5.74, 6) is 0.164. The molecule has 1 aliphatic heterocycles. The molecule has 1 aliphatic rings. The van der Waals surface area contributed by atoms with Crippen LogP contribution in [-0.4, -0.2) is 40.7 Å². The van der Waals surface area contributed by atoms with Gasteiger partial charge in [0, 0.05) is 24.6 Å². The maximum absolute atomic E-state index is 11.2. The van der Waals surface area contributed by atoms with Crippen molar-refractivity contribution in [3.63, 3.8) is 0 Å². The summed E-state index contributed by atoms with van der Waals surface area (Å²) in [4.78, 5) is 25.9. The highest BCUT2D eigenvalue weighted by Crippen LogP contribution is 2.24. The summed E-state index contributed by atoms with van der Waals surface area (Å²) in [6, 6.07) is 9.50. The third-order valence-electron chi connectivity index (χ3n) is 3.86. The van der Waals surface area contributed by atoms with Crippen LogP contribution in [0.25, 0.3) is 11.4 Å². The first kappa shape index (κ1) is 17.9. The normalized spacial score (nSPS) is 14.1. The second-order valence-electron chi connectivity index (χ2n) is 5.36. The number of benzene rings is 1. The van der Waals surface area contributed by atoms with Gasteiger partial charge in [0.1, 0.15) is 0 Å². The molecular weight excluding hydrogens is 326 g/mol. The van der Waals surface area contributed by atoms with E-state index in [2.05, 4.69) is 16.2 Å². The number of carbonyl (C=O) groups is 2. The molecule has 1 amide bonds. The van der Waals surface area contributed by atoms with E-state index in [9.17, 15) is 4.79 Å². The molecule has 0 aliphatic carbocycles. The monoisotopic (exact) mass is 343 g/mol. The first-order chi connectivity index (χ1) is 12.1. The standard InChI is InChI=1S/C15H15N5O2.CH2O2/c16-9-10-1-3-12(4-2-10)14-18-15(22-19-14)20-7-5-11(6-8-20)13(17)21;2-1-3/h1-4,11H,5-8H2,(H2,17,21);1H,(H,2,3). The number of carbonyl (C=O) groups excluding carboxylic acids is 1. The summed E-state index contributed by atoms with van der Waals surface area (Å²) in [6.07, 6.45) is 1.40. The molecule has 0 unspecified atom stereocenters. The summed E-state index contributed by atoms with van der Waals surface area (Å²) in [5, 5.41) is 19.7. The van der Waals surface area contributed by atoms with E-state index in [0.29, 0.717) is 43.3 Å². The van der Waals surface area contributed by atoms with Gasteiger partial charge < -0.3 is 20.3 Å². The zero-order chi connectivity index (χ0) is 18.2. The van der Waals surface area contributed by atoms with Gasteiger partial charge in [-0.05, 0) is 37.1 Å². The van der Waals surface area contributed by atoms with Crippen molar-refractivity contribution in [1.82, 2.24) is 10.1 Å². The molecule has 0 saturated carbocycles. The average Bonchev–Trinajstić information content (AvgIpc) is 3.13. The predicted molar refractivity (Wildman–Crippen MR) is 87.3 cm³/mol. The maximum atomic E-state index is 11.2. The number of nitriles is 1. The molecule has 3 N–H and O–H groups in total. The second kappa shape index (κ2) is 8.44. The molecule has 0 atom stereocenters. The van der Waals surface area contributed by atoms with E-state index in [1.807, 2.05) is 4.90 Å². The first-order valence-corrected chi connectivity index (χ1v) is 7.55. The molecule has 9 nitrogen and oxygen atoms in total. The molecule has 2 aromatic rings. The van der Waals surface area contributed by atoms with Crippen LogP contribution in [0.4, 0.5) is 6.01 Å². The second-order valence-corrected chi connectivity index (χ2v) is 5.36. The number of carboxylic acid groups (broad SMARTS) is 1. The number of nitrogens with two attached hydrogens (primary N) is 1. The number of primary amides is 1. The largest absolute Gasteiger partial charge is 0.483 e. The van der Waals surface area contributed by atoms with Crippen LogP contribution < -0.4 is 10.6 Å². The van der Waals surface area contributed by atoms with Crippen molar-refractivity contribution in [2.45, 2.75) is 12.8 Å². The highest BCUT2D eigenvalue weighted by atomic mass is 16.5. The lowest BCUT2D eigenvalue weighted by Crippen LogP contribution is -2.38. The molecule has 1 fully saturated rings. The molecular formula is C16H17N5O4. The SMILES string of the molecule is N#Cc1ccc(-c2noc(N3CCC(C(N)=O)CC3)n2)cc1.O=CO. The minimum atomic E-state index is -0.250. The van der Waals surface area contributed by atoms with E-state index in [4.69, 9.17) is 25.4 Å². The number of nitrogens with zero attached hydrogens (tertiary/aromatic N) is 4. The van der Waals surface area contributed by atoms with Crippen molar-refractivity contribution in [3.05, 3.63) is 29.8 Å². The molecule has 0 bridgehead atoms. The summed E-state index contributed by atoms with van der Waals surface area (Å²) < 4.78 is 5.29. The molecule has 25 heavy (non-hydrogen) atoms. The van der Waals surface area contributed by atoms with Gasteiger partial charge in [-0.15, -0.1) is 0 Å². The predicted octanol–water partition coefficient (Wildman–Crippen LogP) is 1.01. The highest BCUT2D eigenvalue weighted by molar-refractivity contribution is 5.76. The fourth-order valence-electron chi connectivity index (χ4n) is 2.51. The van der Waals surface area contributed by atoms with Gasteiger partial charge in [0.05, 0.1) is 11.6 Å². The molecule has 9 heteroatoms. The van der Waals surface area contributed by atoms with E-state index < -0.39 is 0 Å². The van der Waals surface area contributed by atoms with Crippen LogP contribution in [-0.2, 0) is 9.59 Å². The molecule has 0 radical (unpaired) electrons. The van der Waals surface area contributed by atoms with Crippen LogP contribution in [0.1, 0.15) is 18.4 Å². The zero-order valence-corrected chi connectivity index (χ0v) is 13.3. The first-order valence-electron chi connectivity index (χ1n) is 7.55. The van der Waals surface area contributed by atoms with Gasteiger partial charge in [-0.2, -0.15) is 10.2 Å². The van der Waals surface area contributed by atoms with E-state index in [0.717, 1.165) is 5.56 Å². The molecule has 0 spiro atoms. The topological polar surface area (TPSA) is 146 Å². The Hall–Kier alpha value is -3.41. The number of piperidine rings is 1. The third kappa shape index (κ3) is 4.54. The maximum Gasteiger partial charge on any atom is 0.324 e. The third-order valence-corrected chi connectivity index (χ3v) is 3.86. The van der Waals surface area contributed by atoms with Crippen LogP contribution in [0.5, 0.6) is 0 Å².